The first-order valence-corrected chi connectivity index (χ1v) is 10.2. The van der Waals surface area contributed by atoms with E-state index in [4.69, 9.17) is 0 Å². The monoisotopic (exact) mass is 329 g/mol. The van der Waals surface area contributed by atoms with E-state index in [1.807, 2.05) is 0 Å². The molecule has 0 aromatic carbocycles. The van der Waals surface area contributed by atoms with Crippen molar-refractivity contribution < 1.29 is 4.79 Å². The minimum Gasteiger partial charge on any atom is -0.353 e. The average Bonchev–Trinajstić information content (AvgIpc) is 2.86. The van der Waals surface area contributed by atoms with Gasteiger partial charge in [0.05, 0.1) is 0 Å². The Balaban J connectivity index is 1.70. The Morgan fingerprint density at radius 2 is 1.83 bits per heavy atom. The van der Waals surface area contributed by atoms with E-state index in [1.165, 1.54) is 32.1 Å². The van der Waals surface area contributed by atoms with E-state index in [2.05, 4.69) is 39.9 Å². The zero-order valence-electron chi connectivity index (χ0n) is 16.2. The molecule has 7 atom stereocenters. The highest BCUT2D eigenvalue weighted by Crippen LogP contribution is 2.66. The van der Waals surface area contributed by atoms with Crippen molar-refractivity contribution in [1.29, 1.82) is 0 Å². The molecule has 3 aliphatic carbocycles. The number of nitrogens with one attached hydrogen (secondary N) is 1. The summed E-state index contributed by atoms with van der Waals surface area (Å²) in [5, 5.41) is 3.37. The van der Waals surface area contributed by atoms with Crippen molar-refractivity contribution in [2.45, 2.75) is 85.6 Å². The number of carbonyl (C=O) groups excluding carboxylic acids is 1. The van der Waals surface area contributed by atoms with Crippen molar-refractivity contribution in [3.8, 4) is 0 Å². The van der Waals surface area contributed by atoms with E-state index in [1.54, 1.807) is 11.1 Å². The van der Waals surface area contributed by atoms with Gasteiger partial charge in [0.25, 0.3) is 0 Å². The molecule has 0 aromatic heterocycles. The molecule has 1 amide bonds. The molecular weight excluding hydrogens is 294 g/mol. The van der Waals surface area contributed by atoms with Crippen LogP contribution in [-0.2, 0) is 4.79 Å². The summed E-state index contributed by atoms with van der Waals surface area (Å²) in [5.74, 6) is 3.56. The maximum Gasteiger partial charge on any atom is 0.220 e. The minimum absolute atomic E-state index is 0.288. The van der Waals surface area contributed by atoms with Crippen LogP contribution in [0.25, 0.3) is 0 Å². The predicted octanol–water partition coefficient (Wildman–Crippen LogP) is 5.09. The molecule has 2 nitrogen and oxygen atoms in total. The summed E-state index contributed by atoms with van der Waals surface area (Å²) in [6.45, 7) is 12.2. The second-order valence-corrected chi connectivity index (χ2v) is 10.1. The Hall–Kier alpha value is -0.790. The number of fused-ring (bicyclic) bond motifs is 5. The molecule has 4 rings (SSSR count). The van der Waals surface area contributed by atoms with Gasteiger partial charge in [-0.15, -0.1) is 0 Å². The van der Waals surface area contributed by atoms with Crippen LogP contribution in [0.1, 0.15) is 79.6 Å². The average molecular weight is 330 g/mol. The highest BCUT2D eigenvalue weighted by atomic mass is 16.1. The van der Waals surface area contributed by atoms with Crippen LogP contribution in [0.3, 0.4) is 0 Å². The van der Waals surface area contributed by atoms with Gasteiger partial charge in [0.2, 0.25) is 5.91 Å². The summed E-state index contributed by atoms with van der Waals surface area (Å²) < 4.78 is 0. The van der Waals surface area contributed by atoms with Gasteiger partial charge >= 0.3 is 0 Å². The number of amides is 1. The molecule has 2 heteroatoms. The molecule has 1 aliphatic heterocycles. The Kier molecular flexibility index (Phi) is 3.72. The topological polar surface area (TPSA) is 29.1 Å². The van der Waals surface area contributed by atoms with Crippen LogP contribution in [0.15, 0.2) is 11.1 Å². The lowest BCUT2D eigenvalue weighted by molar-refractivity contribution is -0.140. The van der Waals surface area contributed by atoms with Gasteiger partial charge in [-0.2, -0.15) is 0 Å². The van der Waals surface area contributed by atoms with Crippen molar-refractivity contribution in [3.63, 3.8) is 0 Å². The normalized spacial score (nSPS) is 50.6. The molecule has 0 bridgehead atoms. The molecule has 24 heavy (non-hydrogen) atoms. The molecule has 1 saturated heterocycles. The lowest BCUT2D eigenvalue weighted by atomic mass is 9.45. The van der Waals surface area contributed by atoms with Gasteiger partial charge in [0.15, 0.2) is 0 Å². The maximum absolute atomic E-state index is 12.0. The van der Waals surface area contributed by atoms with E-state index in [-0.39, 0.29) is 5.91 Å². The highest BCUT2D eigenvalue weighted by Gasteiger charge is 2.61. The van der Waals surface area contributed by atoms with Gasteiger partial charge in [0, 0.05) is 12.5 Å². The molecule has 3 saturated carbocycles. The molecule has 4 fully saturated rings. The summed E-state index contributed by atoms with van der Waals surface area (Å²) >= 11 is 0. The zero-order chi connectivity index (χ0) is 17.3. The Labute approximate surface area is 147 Å². The molecule has 0 unspecified atom stereocenters. The highest BCUT2D eigenvalue weighted by molar-refractivity contribution is 5.77. The SMILES string of the molecule is CC(C)=C1CC[C@H]2[C@@H]3[C@@H](C)C[C@H]4NC(=O)CC[C@]4(C)[C@H]3CC[C@]12C. The number of hydrogen-bond donors (Lipinski definition) is 1. The van der Waals surface area contributed by atoms with Crippen LogP contribution in [0.4, 0.5) is 0 Å². The Bertz CT molecular complexity index is 589. The lowest BCUT2D eigenvalue weighted by Gasteiger charge is -2.61. The first-order valence-electron chi connectivity index (χ1n) is 10.2. The van der Waals surface area contributed by atoms with Gasteiger partial charge in [0.1, 0.15) is 0 Å². The van der Waals surface area contributed by atoms with Crippen LogP contribution in [0, 0.1) is 34.5 Å². The molecule has 1 N–H and O–H groups in total. The number of hydrogen-bond acceptors (Lipinski definition) is 1. The van der Waals surface area contributed by atoms with Crippen molar-refractivity contribution in [1.82, 2.24) is 5.32 Å². The molecule has 0 aromatic rings. The lowest BCUT2D eigenvalue weighted by Crippen LogP contribution is -2.62. The first-order chi connectivity index (χ1) is 11.3. The van der Waals surface area contributed by atoms with E-state index < -0.39 is 0 Å². The van der Waals surface area contributed by atoms with Crippen LogP contribution < -0.4 is 5.32 Å². The standard InChI is InChI=1S/C22H35NO/c1-13(2)15-6-7-16-20-14(3)12-18-22(5,11-9-19(24)23-18)17(20)8-10-21(15,16)4/h14,16-18,20H,6-12H2,1-5H3,(H,23,24)/t14-,16-,17-,18+,20-,21+,22+/m0/s1. The minimum atomic E-state index is 0.288. The summed E-state index contributed by atoms with van der Waals surface area (Å²) in [4.78, 5) is 12.0. The van der Waals surface area contributed by atoms with Crippen LogP contribution in [-0.4, -0.2) is 11.9 Å². The molecule has 4 aliphatic rings. The zero-order valence-corrected chi connectivity index (χ0v) is 16.2. The molecule has 0 radical (unpaired) electrons. The van der Waals surface area contributed by atoms with Crippen LogP contribution in [0.5, 0.6) is 0 Å². The summed E-state index contributed by atoms with van der Waals surface area (Å²) in [6.07, 6.45) is 8.50. The van der Waals surface area contributed by atoms with E-state index in [0.29, 0.717) is 16.9 Å². The van der Waals surface area contributed by atoms with Crippen LogP contribution in [0.2, 0.25) is 0 Å². The number of carbonyl (C=O) groups is 1. The third kappa shape index (κ3) is 2.10. The largest absolute Gasteiger partial charge is 0.353 e. The van der Waals surface area contributed by atoms with E-state index >= 15 is 0 Å². The predicted molar refractivity (Wildman–Crippen MR) is 98.5 cm³/mol. The van der Waals surface area contributed by atoms with Crippen molar-refractivity contribution >= 4 is 5.91 Å². The van der Waals surface area contributed by atoms with Gasteiger partial charge in [-0.25, -0.2) is 0 Å². The molecule has 1 heterocycles. The third-order valence-corrected chi connectivity index (χ3v) is 8.85. The quantitative estimate of drug-likeness (QED) is 0.616. The summed E-state index contributed by atoms with van der Waals surface area (Å²) in [5.41, 5.74) is 4.15. The van der Waals surface area contributed by atoms with Crippen molar-refractivity contribution in [3.05, 3.63) is 11.1 Å². The molecule has 134 valence electrons. The number of allylic oxidation sites excluding steroid dienone is 2. The van der Waals surface area contributed by atoms with Gasteiger partial charge in [-0.1, -0.05) is 31.9 Å². The summed E-state index contributed by atoms with van der Waals surface area (Å²) in [6, 6.07) is 0.420. The maximum atomic E-state index is 12.0. The number of rotatable bonds is 0. The second kappa shape index (κ2) is 5.35. The van der Waals surface area contributed by atoms with Crippen LogP contribution >= 0.6 is 0 Å². The fourth-order valence-corrected chi connectivity index (χ4v) is 7.68. The van der Waals surface area contributed by atoms with Gasteiger partial charge in [-0.3, -0.25) is 4.79 Å². The fourth-order valence-electron chi connectivity index (χ4n) is 7.68. The van der Waals surface area contributed by atoms with Crippen molar-refractivity contribution in [2.24, 2.45) is 34.5 Å². The second-order valence-electron chi connectivity index (χ2n) is 10.1. The first kappa shape index (κ1) is 16.7. The van der Waals surface area contributed by atoms with Gasteiger partial charge in [-0.05, 0) is 86.9 Å². The Morgan fingerprint density at radius 1 is 1.08 bits per heavy atom. The molecular formula is C22H35NO. The van der Waals surface area contributed by atoms with E-state index in [9.17, 15) is 4.79 Å². The fraction of sp³-hybridized carbons (Fsp3) is 0.864. The van der Waals surface area contributed by atoms with Crippen molar-refractivity contribution in [2.75, 3.05) is 0 Å². The summed E-state index contributed by atoms with van der Waals surface area (Å²) in [7, 11) is 0. The smallest absolute Gasteiger partial charge is 0.220 e. The van der Waals surface area contributed by atoms with E-state index in [0.717, 1.165) is 36.5 Å². The Morgan fingerprint density at radius 3 is 2.54 bits per heavy atom. The van der Waals surface area contributed by atoms with Gasteiger partial charge < -0.3 is 5.32 Å². The third-order valence-electron chi connectivity index (χ3n) is 8.85. The number of piperidine rings is 1. The molecule has 0 spiro atoms.